The van der Waals surface area contributed by atoms with Gasteiger partial charge < -0.3 is 19.3 Å². The van der Waals surface area contributed by atoms with Gasteiger partial charge in [-0.1, -0.05) is 127 Å². The van der Waals surface area contributed by atoms with Crippen LogP contribution < -0.4 is 0 Å². The number of rotatable bonds is 5. The van der Waals surface area contributed by atoms with Crippen LogP contribution in [0.1, 0.15) is 22.9 Å². The first kappa shape index (κ1) is 32.0. The van der Waals surface area contributed by atoms with Gasteiger partial charge in [-0.15, -0.1) is 11.3 Å². The van der Waals surface area contributed by atoms with Gasteiger partial charge in [0.1, 0.15) is 11.2 Å². The van der Waals surface area contributed by atoms with Crippen molar-refractivity contribution in [2.24, 2.45) is 9.98 Å². The molecule has 268 valence electrons. The largest absolute Gasteiger partial charge is 0.456 e. The molecule has 0 fully saturated rings. The summed E-state index contributed by atoms with van der Waals surface area (Å²) in [5.74, 6) is 1.33. The molecule has 0 radical (unpaired) electrons. The SMILES string of the molecule is c1ccc(C2N=C(c3ccc4oc5ccccc5c4c3)N=C(c3ccc4c(c3)sc3cccc(-c5cccc6c5c5ccccc5n6-c5ccccc5)c34)[N-]2)cc1. The fraction of sp³-hybridized carbons (Fsp3) is 0.0196. The highest BCUT2D eigenvalue weighted by Crippen LogP contribution is 2.45. The maximum atomic E-state index is 6.14. The summed E-state index contributed by atoms with van der Waals surface area (Å²) in [4.78, 5) is 10.3. The second kappa shape index (κ2) is 12.6. The number of thiophene rings is 1. The molecule has 0 spiro atoms. The maximum absolute atomic E-state index is 6.14. The van der Waals surface area contributed by atoms with Crippen LogP contribution in [0.25, 0.3) is 86.0 Å². The minimum Gasteiger partial charge on any atom is -0.456 e. The van der Waals surface area contributed by atoms with Crippen molar-refractivity contribution in [1.82, 2.24) is 4.57 Å². The van der Waals surface area contributed by atoms with Gasteiger partial charge in [0.05, 0.1) is 23.0 Å². The van der Waals surface area contributed by atoms with E-state index in [-0.39, 0.29) is 0 Å². The number of furan rings is 1. The molecule has 0 saturated carbocycles. The number of aromatic nitrogens is 1. The molecular weight excluding hydrogens is 717 g/mol. The zero-order valence-corrected chi connectivity index (χ0v) is 31.3. The molecule has 0 amide bonds. The Bertz CT molecular complexity index is 3450. The van der Waals surface area contributed by atoms with E-state index < -0.39 is 6.17 Å². The monoisotopic (exact) mass is 747 g/mol. The van der Waals surface area contributed by atoms with E-state index in [4.69, 9.17) is 19.7 Å². The summed E-state index contributed by atoms with van der Waals surface area (Å²) in [6, 6.07) is 64.1. The number of fused-ring (bicyclic) bond motifs is 9. The van der Waals surface area contributed by atoms with E-state index in [1.807, 2.05) is 59.9 Å². The van der Waals surface area contributed by atoms with Crippen molar-refractivity contribution < 1.29 is 4.42 Å². The fourth-order valence-corrected chi connectivity index (χ4v) is 9.80. The molecule has 6 heteroatoms. The van der Waals surface area contributed by atoms with Crippen molar-refractivity contribution in [1.29, 1.82) is 0 Å². The van der Waals surface area contributed by atoms with E-state index in [2.05, 4.69) is 138 Å². The predicted molar refractivity (Wildman–Crippen MR) is 238 cm³/mol. The van der Waals surface area contributed by atoms with Crippen LogP contribution in [0.15, 0.2) is 196 Å². The van der Waals surface area contributed by atoms with Crippen LogP contribution in [0, 0.1) is 0 Å². The summed E-state index contributed by atoms with van der Waals surface area (Å²) < 4.78 is 11.0. The molecule has 0 aliphatic carbocycles. The molecule has 57 heavy (non-hydrogen) atoms. The second-order valence-electron chi connectivity index (χ2n) is 14.5. The van der Waals surface area contributed by atoms with Crippen molar-refractivity contribution in [3.8, 4) is 16.8 Å². The lowest BCUT2D eigenvalue weighted by Crippen LogP contribution is -2.15. The Balaban J connectivity index is 1.01. The smallest absolute Gasteiger partial charge is 0.135 e. The summed E-state index contributed by atoms with van der Waals surface area (Å²) >= 11 is 1.82. The zero-order chi connectivity index (χ0) is 37.5. The van der Waals surface area contributed by atoms with Gasteiger partial charge in [0, 0.05) is 47.4 Å². The number of para-hydroxylation sites is 3. The van der Waals surface area contributed by atoms with Crippen molar-refractivity contribution >= 4 is 86.9 Å². The number of hydrogen-bond acceptors (Lipinski definition) is 4. The van der Waals surface area contributed by atoms with E-state index in [1.165, 1.54) is 53.1 Å². The van der Waals surface area contributed by atoms with Gasteiger partial charge in [0.15, 0.2) is 0 Å². The Morgan fingerprint density at radius 2 is 1.21 bits per heavy atom. The molecule has 0 bridgehead atoms. The minimum atomic E-state index is -0.422. The van der Waals surface area contributed by atoms with Crippen LogP contribution >= 0.6 is 11.3 Å². The van der Waals surface area contributed by atoms with Crippen molar-refractivity contribution in [2.75, 3.05) is 0 Å². The molecule has 4 heterocycles. The van der Waals surface area contributed by atoms with Gasteiger partial charge in [-0.25, -0.2) is 0 Å². The standard InChI is InChI=1S/C51H31N4OS/c1-3-13-31(14-4-1)49-52-50(32-26-28-44-40(29-32)35-17-8-10-23-43(35)56-44)54-51(53-49)33-25-27-39-46(30-33)57-45-24-12-20-37(48(39)45)36-19-11-22-42-47(36)38-18-7-9-21-41(38)55(42)34-15-5-2-6-16-34/h1-30,49H/q-1. The first-order chi connectivity index (χ1) is 28.2. The number of aliphatic imine (C=N–C) groups is 2. The van der Waals surface area contributed by atoms with Crippen LogP contribution in [0.3, 0.4) is 0 Å². The highest BCUT2D eigenvalue weighted by Gasteiger charge is 2.20. The van der Waals surface area contributed by atoms with Gasteiger partial charge in [0.2, 0.25) is 0 Å². The van der Waals surface area contributed by atoms with E-state index in [9.17, 15) is 0 Å². The Hall–Kier alpha value is -7.28. The van der Waals surface area contributed by atoms with Crippen molar-refractivity contribution in [3.63, 3.8) is 0 Å². The number of nitrogens with zero attached hydrogens (tertiary/aromatic N) is 4. The Labute approximate surface area is 331 Å². The Kier molecular flexibility index (Phi) is 7.09. The summed E-state index contributed by atoms with van der Waals surface area (Å²) in [6.07, 6.45) is -0.422. The molecule has 11 aromatic rings. The lowest BCUT2D eigenvalue weighted by Gasteiger charge is -2.32. The van der Waals surface area contributed by atoms with Crippen LogP contribution in [0.2, 0.25) is 0 Å². The third kappa shape index (κ3) is 5.08. The zero-order valence-electron chi connectivity index (χ0n) is 30.5. The average Bonchev–Trinajstić information content (AvgIpc) is 3.96. The molecule has 1 aliphatic rings. The molecular formula is C51H31N4OS-. The molecule has 3 aromatic heterocycles. The van der Waals surface area contributed by atoms with Gasteiger partial charge in [-0.3, -0.25) is 4.99 Å². The van der Waals surface area contributed by atoms with Gasteiger partial charge >= 0.3 is 0 Å². The summed E-state index contributed by atoms with van der Waals surface area (Å²) in [5, 5.41) is 12.3. The van der Waals surface area contributed by atoms with Crippen LogP contribution in [-0.4, -0.2) is 16.2 Å². The molecule has 12 rings (SSSR count). The highest BCUT2D eigenvalue weighted by molar-refractivity contribution is 7.26. The highest BCUT2D eigenvalue weighted by atomic mass is 32.1. The summed E-state index contributed by atoms with van der Waals surface area (Å²) in [7, 11) is 0. The van der Waals surface area contributed by atoms with Crippen molar-refractivity contribution in [3.05, 3.63) is 204 Å². The predicted octanol–water partition coefficient (Wildman–Crippen LogP) is 14.0. The van der Waals surface area contributed by atoms with E-state index in [0.29, 0.717) is 11.7 Å². The molecule has 5 nitrogen and oxygen atoms in total. The lowest BCUT2D eigenvalue weighted by molar-refractivity contribution is 0.669. The second-order valence-corrected chi connectivity index (χ2v) is 15.6. The maximum Gasteiger partial charge on any atom is 0.135 e. The lowest BCUT2D eigenvalue weighted by atomic mass is 9.95. The quantitative estimate of drug-likeness (QED) is 0.173. The summed E-state index contributed by atoms with van der Waals surface area (Å²) in [5.41, 5.74) is 10.6. The van der Waals surface area contributed by atoms with Gasteiger partial charge in [0.25, 0.3) is 0 Å². The average molecular weight is 748 g/mol. The number of amidine groups is 2. The third-order valence-corrected chi connectivity index (χ3v) is 12.3. The molecule has 8 aromatic carbocycles. The first-order valence-corrected chi connectivity index (χ1v) is 19.9. The number of hydrogen-bond donors (Lipinski definition) is 0. The van der Waals surface area contributed by atoms with Gasteiger partial charge in [-0.05, 0) is 88.5 Å². The minimum absolute atomic E-state index is 0.422. The van der Waals surface area contributed by atoms with E-state index in [0.717, 1.165) is 44.3 Å². The first-order valence-electron chi connectivity index (χ1n) is 19.1. The Morgan fingerprint density at radius 3 is 2.09 bits per heavy atom. The van der Waals surface area contributed by atoms with Crippen LogP contribution in [-0.2, 0) is 0 Å². The molecule has 1 aliphatic heterocycles. The van der Waals surface area contributed by atoms with E-state index in [1.54, 1.807) is 0 Å². The van der Waals surface area contributed by atoms with Gasteiger partial charge in [-0.2, -0.15) is 0 Å². The topological polar surface area (TPSA) is 56.9 Å². The molecule has 0 N–H and O–H groups in total. The summed E-state index contributed by atoms with van der Waals surface area (Å²) in [6.45, 7) is 0. The normalized spacial score (nSPS) is 14.5. The van der Waals surface area contributed by atoms with E-state index >= 15 is 0 Å². The third-order valence-electron chi connectivity index (χ3n) is 11.2. The number of benzene rings is 8. The molecule has 0 saturated heterocycles. The van der Waals surface area contributed by atoms with Crippen LogP contribution in [0.5, 0.6) is 0 Å². The Morgan fingerprint density at radius 1 is 0.509 bits per heavy atom. The molecule has 1 atom stereocenters. The van der Waals surface area contributed by atoms with Crippen molar-refractivity contribution in [2.45, 2.75) is 6.17 Å². The van der Waals surface area contributed by atoms with Crippen LogP contribution in [0.4, 0.5) is 0 Å². The molecule has 1 unspecified atom stereocenters. The fourth-order valence-electron chi connectivity index (χ4n) is 8.62.